The van der Waals surface area contributed by atoms with E-state index < -0.39 is 40.5 Å². The molecule has 1 heterocycles. The van der Waals surface area contributed by atoms with E-state index >= 15 is 0 Å². The highest BCUT2D eigenvalue weighted by Gasteiger charge is 2.74. The third kappa shape index (κ3) is 3.76. The molecule has 0 atom stereocenters. The van der Waals surface area contributed by atoms with Crippen molar-refractivity contribution >= 4 is 17.6 Å². The van der Waals surface area contributed by atoms with Crippen molar-refractivity contribution in [2.24, 2.45) is 0 Å². The normalized spacial score (nSPS) is 12.9. The number of esters is 1. The topological polar surface area (TPSA) is 52.3 Å². The van der Waals surface area contributed by atoms with Crippen molar-refractivity contribution in [3.8, 4) is 11.5 Å². The van der Waals surface area contributed by atoms with Crippen LogP contribution in [-0.2, 0) is 10.7 Å². The summed E-state index contributed by atoms with van der Waals surface area (Å²) >= 11 is 4.16. The van der Waals surface area contributed by atoms with Crippen molar-refractivity contribution in [3.05, 3.63) is 41.3 Å². The summed E-state index contributed by atoms with van der Waals surface area (Å²) < 4.78 is 90.7. The van der Waals surface area contributed by atoms with E-state index in [2.05, 4.69) is 25.7 Å². The number of ether oxygens (including phenoxy) is 1. The van der Waals surface area contributed by atoms with Gasteiger partial charge in [0, 0.05) is 5.56 Å². The molecule has 0 saturated heterocycles. The van der Waals surface area contributed by atoms with Crippen LogP contribution in [0, 0.1) is 6.92 Å². The van der Waals surface area contributed by atoms with Crippen molar-refractivity contribution in [2.45, 2.75) is 31.1 Å². The number of carbonyl (C=O) groups is 1. The zero-order valence-corrected chi connectivity index (χ0v) is 14.6. The van der Waals surface area contributed by atoms with Crippen LogP contribution in [-0.4, -0.2) is 28.9 Å². The molecule has 2 aromatic rings. The molecule has 1 aromatic heterocycles. The summed E-state index contributed by atoms with van der Waals surface area (Å²) in [7, 11) is 0. The van der Waals surface area contributed by atoms with Gasteiger partial charge in [-0.25, -0.2) is 9.78 Å². The minimum atomic E-state index is -6.08. The van der Waals surface area contributed by atoms with E-state index in [1.54, 1.807) is 13.0 Å². The highest BCUT2D eigenvalue weighted by molar-refractivity contribution is 6.22. The van der Waals surface area contributed by atoms with Gasteiger partial charge in [0.15, 0.2) is 5.69 Å². The van der Waals surface area contributed by atoms with Gasteiger partial charge in [0.25, 0.3) is 0 Å². The quantitative estimate of drug-likeness (QED) is 0.361. The summed E-state index contributed by atoms with van der Waals surface area (Å²) in [5, 5.41) is -5.63. The summed E-state index contributed by atoms with van der Waals surface area (Å²) in [6, 6.07) is 5.86. The highest BCUT2D eigenvalue weighted by Crippen LogP contribution is 2.54. The molecule has 0 bridgehead atoms. The fourth-order valence-electron chi connectivity index (χ4n) is 2.09. The summed E-state index contributed by atoms with van der Waals surface area (Å²) in [5.41, 5.74) is -0.656. The average molecular weight is 416 g/mol. The third-order valence-electron chi connectivity index (χ3n) is 3.40. The summed E-state index contributed by atoms with van der Waals surface area (Å²) in [6.07, 6.45) is 0. The van der Waals surface area contributed by atoms with Gasteiger partial charge >= 0.3 is 23.2 Å². The van der Waals surface area contributed by atoms with Gasteiger partial charge in [0.2, 0.25) is 11.7 Å². The van der Waals surface area contributed by atoms with Gasteiger partial charge in [0.05, 0.1) is 6.61 Å². The van der Waals surface area contributed by atoms with Crippen LogP contribution in [0.2, 0.25) is 0 Å². The molecule has 0 spiro atoms. The zero-order valence-electron chi connectivity index (χ0n) is 13.8. The molecule has 11 heteroatoms. The molecule has 0 radical (unpaired) electrons. The number of hydrogen-bond donors (Lipinski definition) is 0. The Morgan fingerprint density at radius 1 is 1.22 bits per heavy atom. The number of oxazole rings is 1. The molecule has 1 aromatic carbocycles. The average Bonchev–Trinajstić information content (AvgIpc) is 3.00. The van der Waals surface area contributed by atoms with Gasteiger partial charge in [0.1, 0.15) is 0 Å². The van der Waals surface area contributed by atoms with Crippen LogP contribution in [0.4, 0.5) is 26.3 Å². The SMILES string of the molecule is CCOC(=O)c1nc(-c2cccc(C)c2)oc1C(F)(F)C(F)(F)C(F)(F)Cl. The van der Waals surface area contributed by atoms with Crippen LogP contribution in [0.15, 0.2) is 28.7 Å². The van der Waals surface area contributed by atoms with Gasteiger partial charge < -0.3 is 9.15 Å². The first-order valence-electron chi connectivity index (χ1n) is 7.40. The fourth-order valence-corrected chi connectivity index (χ4v) is 2.21. The second-order valence-electron chi connectivity index (χ2n) is 5.43. The molecule has 0 unspecified atom stereocenters. The molecule has 27 heavy (non-hydrogen) atoms. The number of carbonyl (C=O) groups excluding carboxylic acids is 1. The Labute approximate surface area is 154 Å². The molecule has 0 amide bonds. The maximum Gasteiger partial charge on any atom is 0.394 e. The molecule has 0 N–H and O–H groups in total. The molecular formula is C16H12ClF6NO3. The van der Waals surface area contributed by atoms with Crippen molar-refractivity contribution in [2.75, 3.05) is 6.61 Å². The maximum atomic E-state index is 14.2. The Morgan fingerprint density at radius 2 is 1.85 bits per heavy atom. The van der Waals surface area contributed by atoms with Crippen LogP contribution in [0.5, 0.6) is 0 Å². The first kappa shape index (κ1) is 21.1. The smallest absolute Gasteiger partial charge is 0.394 e. The lowest BCUT2D eigenvalue weighted by Crippen LogP contribution is -2.49. The Morgan fingerprint density at radius 3 is 2.37 bits per heavy atom. The Bertz CT molecular complexity index is 847. The lowest BCUT2D eigenvalue weighted by molar-refractivity contribution is -0.291. The number of benzene rings is 1. The molecule has 0 fully saturated rings. The predicted octanol–water partition coefficient (Wildman–Crippen LogP) is 5.39. The second-order valence-corrected chi connectivity index (χ2v) is 5.91. The van der Waals surface area contributed by atoms with Crippen LogP contribution in [0.1, 0.15) is 28.7 Å². The number of rotatable bonds is 6. The first-order chi connectivity index (χ1) is 12.3. The Balaban J connectivity index is 2.68. The molecule has 0 aliphatic heterocycles. The Hall–Kier alpha value is -2.23. The molecule has 4 nitrogen and oxygen atoms in total. The lowest BCUT2D eigenvalue weighted by atomic mass is 10.1. The number of aromatic nitrogens is 1. The van der Waals surface area contributed by atoms with Crippen molar-refractivity contribution in [1.82, 2.24) is 4.98 Å². The fraction of sp³-hybridized carbons (Fsp3) is 0.375. The van der Waals surface area contributed by atoms with E-state index in [1.807, 2.05) is 0 Å². The second kappa shape index (κ2) is 7.06. The molecule has 0 aliphatic rings. The summed E-state index contributed by atoms with van der Waals surface area (Å²) in [5.74, 6) is -16.0. The van der Waals surface area contributed by atoms with Crippen LogP contribution < -0.4 is 0 Å². The third-order valence-corrected chi connectivity index (χ3v) is 3.63. The molecule has 148 valence electrons. The highest BCUT2D eigenvalue weighted by atomic mass is 35.5. The number of alkyl halides is 7. The van der Waals surface area contributed by atoms with Gasteiger partial charge in [-0.15, -0.1) is 0 Å². The van der Waals surface area contributed by atoms with E-state index in [-0.39, 0.29) is 12.2 Å². The van der Waals surface area contributed by atoms with E-state index in [1.165, 1.54) is 25.1 Å². The molecule has 0 aliphatic carbocycles. The maximum absolute atomic E-state index is 14.2. The van der Waals surface area contributed by atoms with E-state index in [4.69, 9.17) is 0 Å². The van der Waals surface area contributed by atoms with Crippen molar-refractivity contribution in [3.63, 3.8) is 0 Å². The summed E-state index contributed by atoms with van der Waals surface area (Å²) in [4.78, 5) is 15.3. The molecule has 0 saturated carbocycles. The van der Waals surface area contributed by atoms with Crippen molar-refractivity contribution < 1.29 is 40.3 Å². The van der Waals surface area contributed by atoms with Crippen molar-refractivity contribution in [1.29, 1.82) is 0 Å². The van der Waals surface area contributed by atoms with Gasteiger partial charge in [-0.3, -0.25) is 0 Å². The monoisotopic (exact) mass is 415 g/mol. The number of nitrogens with zero attached hydrogens (tertiary/aromatic N) is 1. The predicted molar refractivity (Wildman–Crippen MR) is 82.3 cm³/mol. The van der Waals surface area contributed by atoms with Crippen LogP contribution in [0.25, 0.3) is 11.5 Å². The van der Waals surface area contributed by atoms with Gasteiger partial charge in [-0.05, 0) is 37.6 Å². The standard InChI is InChI=1S/C16H12ClF6NO3/c1-3-26-13(25)10-11(14(18,19)15(20,21)16(17,22)23)27-12(24-10)9-6-4-5-8(2)7-9/h4-7H,3H2,1-2H3. The van der Waals surface area contributed by atoms with E-state index in [0.29, 0.717) is 5.56 Å². The van der Waals surface area contributed by atoms with Gasteiger partial charge in [-0.1, -0.05) is 17.7 Å². The van der Waals surface area contributed by atoms with Crippen LogP contribution in [0.3, 0.4) is 0 Å². The number of halogens is 7. The van der Waals surface area contributed by atoms with E-state index in [9.17, 15) is 31.1 Å². The minimum Gasteiger partial charge on any atom is -0.461 e. The largest absolute Gasteiger partial charge is 0.461 e. The zero-order chi connectivity index (χ0) is 20.6. The lowest BCUT2D eigenvalue weighted by Gasteiger charge is -2.27. The number of aryl methyl sites for hydroxylation is 1. The first-order valence-corrected chi connectivity index (χ1v) is 7.78. The van der Waals surface area contributed by atoms with E-state index in [0.717, 1.165) is 0 Å². The number of hydrogen-bond acceptors (Lipinski definition) is 4. The Kier molecular flexibility index (Phi) is 5.51. The molecular weight excluding hydrogens is 404 g/mol. The molecule has 2 rings (SSSR count). The minimum absolute atomic E-state index is 0.0588. The van der Waals surface area contributed by atoms with Gasteiger partial charge in [-0.2, -0.15) is 26.3 Å². The summed E-state index contributed by atoms with van der Waals surface area (Å²) in [6.45, 7) is 2.65. The van der Waals surface area contributed by atoms with Crippen LogP contribution >= 0.6 is 11.6 Å².